The number of benzene rings is 1. The van der Waals surface area contributed by atoms with Gasteiger partial charge in [-0.25, -0.2) is 14.4 Å². The maximum Gasteiger partial charge on any atom is 0.126 e. The quantitative estimate of drug-likeness (QED) is 0.262. The van der Waals surface area contributed by atoms with Gasteiger partial charge in [0, 0.05) is 24.4 Å². The van der Waals surface area contributed by atoms with Crippen molar-refractivity contribution >= 4 is 17.0 Å². The molecule has 1 aromatic carbocycles. The van der Waals surface area contributed by atoms with Gasteiger partial charge in [0.25, 0.3) is 0 Å². The van der Waals surface area contributed by atoms with Crippen molar-refractivity contribution in [3.8, 4) is 21.1 Å². The second kappa shape index (κ2) is 9.58. The number of nitrogens with zero attached hydrogens (tertiary/aromatic N) is 4. The van der Waals surface area contributed by atoms with Gasteiger partial charge in [0.15, 0.2) is 0 Å². The van der Waals surface area contributed by atoms with E-state index in [1.807, 2.05) is 31.3 Å². The predicted octanol–water partition coefficient (Wildman–Crippen LogP) is 6.01. The first-order chi connectivity index (χ1) is 16.2. The average Bonchev–Trinajstić information content (AvgIpc) is 3.25. The summed E-state index contributed by atoms with van der Waals surface area (Å²) in [5.74, 6) is -0.214. The van der Waals surface area contributed by atoms with Crippen molar-refractivity contribution in [1.82, 2.24) is 15.0 Å². The van der Waals surface area contributed by atoms with Crippen LogP contribution in [0.2, 0.25) is 0 Å². The summed E-state index contributed by atoms with van der Waals surface area (Å²) in [5, 5.41) is 5.32. The highest BCUT2D eigenvalue weighted by molar-refractivity contribution is 7.18. The lowest BCUT2D eigenvalue weighted by molar-refractivity contribution is 0.146. The first kappa shape index (κ1) is 21.4. The SMILES string of the molecule is Cc1nc(-c2cccnc2)sc1-c1ccc2c(n1)C(=NOCCc1ccccc1F)CCC2. The van der Waals surface area contributed by atoms with E-state index in [-0.39, 0.29) is 5.82 Å². The molecule has 5 nitrogen and oxygen atoms in total. The molecule has 3 heterocycles. The van der Waals surface area contributed by atoms with Crippen molar-refractivity contribution in [1.29, 1.82) is 0 Å². The molecule has 0 saturated heterocycles. The van der Waals surface area contributed by atoms with E-state index in [0.717, 1.165) is 57.5 Å². The summed E-state index contributed by atoms with van der Waals surface area (Å²) in [5.41, 5.74) is 6.38. The molecule has 0 saturated carbocycles. The Kier molecular flexibility index (Phi) is 6.21. The van der Waals surface area contributed by atoms with E-state index in [1.165, 1.54) is 11.6 Å². The number of rotatable bonds is 6. The Bertz CT molecular complexity index is 1300. The van der Waals surface area contributed by atoms with Crippen LogP contribution in [0.15, 0.2) is 66.1 Å². The third-order valence-corrected chi connectivity index (χ3v) is 6.87. The van der Waals surface area contributed by atoms with Crippen LogP contribution in [0.25, 0.3) is 21.1 Å². The lowest BCUT2D eigenvalue weighted by Gasteiger charge is -2.17. The van der Waals surface area contributed by atoms with E-state index in [2.05, 4.69) is 22.3 Å². The molecule has 7 heteroatoms. The Morgan fingerprint density at radius 3 is 2.82 bits per heavy atom. The standard InChI is InChI=1S/C26H23FN4OS/c1-17-25(33-26(29-17)20-8-5-14-28-16-20)23-12-11-19-7-4-10-22(24(19)30-23)31-32-15-13-18-6-2-3-9-21(18)27/h2-3,5-6,8-9,11-12,14,16H,4,7,10,13,15H2,1H3. The Morgan fingerprint density at radius 2 is 1.97 bits per heavy atom. The van der Waals surface area contributed by atoms with Gasteiger partial charge in [-0.15, -0.1) is 11.3 Å². The van der Waals surface area contributed by atoms with Gasteiger partial charge in [0.2, 0.25) is 0 Å². The number of thiazole rings is 1. The number of hydrogen-bond donors (Lipinski definition) is 0. The summed E-state index contributed by atoms with van der Waals surface area (Å²) in [4.78, 5) is 20.5. The number of aromatic nitrogens is 3. The molecule has 0 unspecified atom stereocenters. The zero-order chi connectivity index (χ0) is 22.6. The highest BCUT2D eigenvalue weighted by atomic mass is 32.1. The van der Waals surface area contributed by atoms with Gasteiger partial charge in [-0.2, -0.15) is 0 Å². The minimum absolute atomic E-state index is 0.214. The number of hydrogen-bond acceptors (Lipinski definition) is 6. The lowest BCUT2D eigenvalue weighted by atomic mass is 9.94. The van der Waals surface area contributed by atoms with Crippen LogP contribution >= 0.6 is 11.3 Å². The first-order valence-electron chi connectivity index (χ1n) is 11.0. The average molecular weight is 459 g/mol. The van der Waals surface area contributed by atoms with Crippen LogP contribution < -0.4 is 0 Å². The van der Waals surface area contributed by atoms with Crippen molar-refractivity contribution in [2.45, 2.75) is 32.6 Å². The van der Waals surface area contributed by atoms with Crippen LogP contribution in [0.3, 0.4) is 0 Å². The molecule has 0 N–H and O–H groups in total. The van der Waals surface area contributed by atoms with Crippen LogP contribution in [-0.4, -0.2) is 27.3 Å². The molecule has 0 spiro atoms. The largest absolute Gasteiger partial charge is 0.395 e. The normalized spacial score (nSPS) is 14.3. The zero-order valence-electron chi connectivity index (χ0n) is 18.3. The molecule has 0 amide bonds. The van der Waals surface area contributed by atoms with Crippen molar-refractivity contribution in [2.75, 3.05) is 6.61 Å². The second-order valence-corrected chi connectivity index (χ2v) is 8.94. The summed E-state index contributed by atoms with van der Waals surface area (Å²) >= 11 is 1.62. The molecule has 0 bridgehead atoms. The summed E-state index contributed by atoms with van der Waals surface area (Å²) in [7, 11) is 0. The topological polar surface area (TPSA) is 60.3 Å². The van der Waals surface area contributed by atoms with Gasteiger partial charge in [0.1, 0.15) is 23.1 Å². The predicted molar refractivity (Wildman–Crippen MR) is 129 cm³/mol. The number of pyridine rings is 2. The molecule has 0 atom stereocenters. The molecule has 3 aromatic heterocycles. The van der Waals surface area contributed by atoms with E-state index in [4.69, 9.17) is 14.8 Å². The van der Waals surface area contributed by atoms with Crippen molar-refractivity contribution in [3.63, 3.8) is 0 Å². The number of aryl methyl sites for hydroxylation is 2. The molecular formula is C26H23FN4OS. The Hall–Kier alpha value is -3.45. The Balaban J connectivity index is 1.37. The minimum atomic E-state index is -0.214. The molecule has 33 heavy (non-hydrogen) atoms. The van der Waals surface area contributed by atoms with Crippen molar-refractivity contribution < 1.29 is 9.23 Å². The smallest absolute Gasteiger partial charge is 0.126 e. The Labute approximate surface area is 196 Å². The number of halogens is 1. The summed E-state index contributed by atoms with van der Waals surface area (Å²) in [6, 6.07) is 14.9. The maximum absolute atomic E-state index is 13.8. The molecule has 5 rings (SSSR count). The van der Waals surface area contributed by atoms with Crippen LogP contribution in [-0.2, 0) is 17.7 Å². The molecule has 1 aliphatic carbocycles. The maximum atomic E-state index is 13.8. The third-order valence-electron chi connectivity index (χ3n) is 5.64. The molecular weight excluding hydrogens is 435 g/mol. The minimum Gasteiger partial charge on any atom is -0.395 e. The van der Waals surface area contributed by atoms with Gasteiger partial charge in [0.05, 0.1) is 22.0 Å². The van der Waals surface area contributed by atoms with Gasteiger partial charge in [-0.05, 0) is 61.6 Å². The number of oxime groups is 1. The third kappa shape index (κ3) is 4.68. The van der Waals surface area contributed by atoms with Crippen LogP contribution in [0.1, 0.15) is 35.4 Å². The van der Waals surface area contributed by atoms with Crippen molar-refractivity contribution in [2.24, 2.45) is 5.16 Å². The monoisotopic (exact) mass is 458 g/mol. The summed E-state index contributed by atoms with van der Waals surface area (Å²) < 4.78 is 13.8. The highest BCUT2D eigenvalue weighted by Gasteiger charge is 2.21. The molecule has 0 fully saturated rings. The second-order valence-electron chi connectivity index (χ2n) is 7.95. The van der Waals surface area contributed by atoms with E-state index in [0.29, 0.717) is 18.6 Å². The van der Waals surface area contributed by atoms with Crippen LogP contribution in [0.5, 0.6) is 0 Å². The molecule has 0 radical (unpaired) electrons. The van der Waals surface area contributed by atoms with E-state index >= 15 is 0 Å². The fraction of sp³-hybridized carbons (Fsp3) is 0.231. The van der Waals surface area contributed by atoms with Gasteiger partial charge < -0.3 is 4.84 Å². The van der Waals surface area contributed by atoms with Crippen LogP contribution in [0, 0.1) is 12.7 Å². The molecule has 0 aliphatic heterocycles. The molecule has 4 aromatic rings. The van der Waals surface area contributed by atoms with Crippen molar-refractivity contribution in [3.05, 3.63) is 89.3 Å². The number of fused-ring (bicyclic) bond motifs is 1. The Morgan fingerprint density at radius 1 is 1.06 bits per heavy atom. The van der Waals surface area contributed by atoms with E-state index in [9.17, 15) is 4.39 Å². The van der Waals surface area contributed by atoms with Gasteiger partial charge >= 0.3 is 0 Å². The van der Waals surface area contributed by atoms with Gasteiger partial charge in [-0.1, -0.05) is 29.4 Å². The fourth-order valence-corrected chi connectivity index (χ4v) is 4.97. The summed E-state index contributed by atoms with van der Waals surface area (Å²) in [6.45, 7) is 2.33. The van der Waals surface area contributed by atoms with Crippen LogP contribution in [0.4, 0.5) is 4.39 Å². The zero-order valence-corrected chi connectivity index (χ0v) is 19.1. The molecule has 166 valence electrons. The highest BCUT2D eigenvalue weighted by Crippen LogP contribution is 2.35. The molecule has 1 aliphatic rings. The lowest BCUT2D eigenvalue weighted by Crippen LogP contribution is -2.15. The van der Waals surface area contributed by atoms with E-state index in [1.54, 1.807) is 29.7 Å². The fourth-order valence-electron chi connectivity index (χ4n) is 3.95. The summed E-state index contributed by atoms with van der Waals surface area (Å²) in [6.07, 6.45) is 6.85. The van der Waals surface area contributed by atoms with Gasteiger partial charge in [-0.3, -0.25) is 4.98 Å². The van der Waals surface area contributed by atoms with E-state index < -0.39 is 0 Å². The first-order valence-corrected chi connectivity index (χ1v) is 11.8.